The number of nitrogens with one attached hydrogen (secondary N) is 1. The molecule has 0 saturated carbocycles. The van der Waals surface area contributed by atoms with Gasteiger partial charge in [-0.3, -0.25) is 4.79 Å². The third kappa shape index (κ3) is 4.18. The summed E-state index contributed by atoms with van der Waals surface area (Å²) in [5.74, 6) is 1.43. The molecule has 0 aromatic heterocycles. The maximum Gasteiger partial charge on any atom is 0.261 e. The zero-order valence-corrected chi connectivity index (χ0v) is 16.1. The molecule has 2 atom stereocenters. The highest BCUT2D eigenvalue weighted by atomic mass is 16.5. The average Bonchev–Trinajstić information content (AvgIpc) is 2.52. The van der Waals surface area contributed by atoms with Crippen molar-refractivity contribution in [2.24, 2.45) is 0 Å². The average molecular weight is 353 g/mol. The van der Waals surface area contributed by atoms with Crippen molar-refractivity contribution in [3.8, 4) is 11.5 Å². The topological polar surface area (TPSA) is 47.6 Å². The van der Waals surface area contributed by atoms with Crippen molar-refractivity contribution >= 4 is 5.91 Å². The molecule has 4 heteroatoms. The van der Waals surface area contributed by atoms with Gasteiger partial charge in [-0.05, 0) is 63.9 Å². The first-order valence-electron chi connectivity index (χ1n) is 9.07. The molecule has 4 nitrogen and oxygen atoms in total. The molecule has 0 fully saturated rings. The van der Waals surface area contributed by atoms with Gasteiger partial charge in [-0.25, -0.2) is 0 Å². The molecule has 1 amide bonds. The van der Waals surface area contributed by atoms with E-state index in [4.69, 9.17) is 9.47 Å². The van der Waals surface area contributed by atoms with E-state index in [-0.39, 0.29) is 17.6 Å². The monoisotopic (exact) mass is 353 g/mol. The minimum absolute atomic E-state index is 0.0901. The Morgan fingerprint density at radius 3 is 2.54 bits per heavy atom. The Hall–Kier alpha value is -2.49. The number of benzene rings is 2. The summed E-state index contributed by atoms with van der Waals surface area (Å²) in [6.07, 6.45) is 0.140. The summed E-state index contributed by atoms with van der Waals surface area (Å²) >= 11 is 0. The molecular weight excluding hydrogens is 326 g/mol. The van der Waals surface area contributed by atoms with Crippen molar-refractivity contribution in [2.45, 2.75) is 58.8 Å². The van der Waals surface area contributed by atoms with Gasteiger partial charge in [0.1, 0.15) is 17.1 Å². The zero-order chi connectivity index (χ0) is 18.9. The highest BCUT2D eigenvalue weighted by molar-refractivity contribution is 5.81. The standard InChI is InChI=1S/C22H27NO3/c1-14-10-15(2)12-17(11-14)25-16(3)21(24)23-19-13-22(4,5)26-20-9-7-6-8-18(19)20/h6-12,16,19H,13H2,1-5H3,(H,23,24). The molecule has 0 radical (unpaired) electrons. The van der Waals surface area contributed by atoms with Gasteiger partial charge in [0, 0.05) is 12.0 Å². The third-order valence-electron chi connectivity index (χ3n) is 4.57. The highest BCUT2D eigenvalue weighted by Crippen LogP contribution is 2.39. The van der Waals surface area contributed by atoms with Gasteiger partial charge in [0.2, 0.25) is 0 Å². The molecule has 2 unspecified atom stereocenters. The van der Waals surface area contributed by atoms with Crippen LogP contribution in [0.4, 0.5) is 0 Å². The van der Waals surface area contributed by atoms with E-state index in [0.29, 0.717) is 6.42 Å². The zero-order valence-electron chi connectivity index (χ0n) is 16.1. The molecule has 0 saturated heterocycles. The first-order chi connectivity index (χ1) is 12.2. The summed E-state index contributed by atoms with van der Waals surface area (Å²) in [6.45, 7) is 9.90. The second-order valence-electron chi connectivity index (χ2n) is 7.75. The number of hydrogen-bond donors (Lipinski definition) is 1. The van der Waals surface area contributed by atoms with Crippen LogP contribution in [0.25, 0.3) is 0 Å². The summed E-state index contributed by atoms with van der Waals surface area (Å²) in [7, 11) is 0. The maximum absolute atomic E-state index is 12.7. The molecule has 0 aliphatic carbocycles. The van der Waals surface area contributed by atoms with Gasteiger partial charge >= 0.3 is 0 Å². The summed E-state index contributed by atoms with van der Waals surface area (Å²) in [5, 5.41) is 3.14. The van der Waals surface area contributed by atoms with Gasteiger partial charge in [-0.2, -0.15) is 0 Å². The number of carbonyl (C=O) groups excluding carboxylic acids is 1. The predicted octanol–water partition coefficient (Wildman–Crippen LogP) is 4.49. The van der Waals surface area contributed by atoms with Gasteiger partial charge < -0.3 is 14.8 Å². The number of carbonyl (C=O) groups is 1. The fourth-order valence-corrected chi connectivity index (χ4v) is 3.48. The second kappa shape index (κ2) is 7.02. The molecule has 26 heavy (non-hydrogen) atoms. The largest absolute Gasteiger partial charge is 0.487 e. The van der Waals surface area contributed by atoms with E-state index in [9.17, 15) is 4.79 Å². The van der Waals surface area contributed by atoms with Crippen molar-refractivity contribution in [3.63, 3.8) is 0 Å². The SMILES string of the molecule is Cc1cc(C)cc(OC(C)C(=O)NC2CC(C)(C)Oc3ccccc32)c1. The number of hydrogen-bond acceptors (Lipinski definition) is 3. The Labute approximate surface area is 155 Å². The molecule has 1 aliphatic heterocycles. The molecule has 138 valence electrons. The van der Waals surface area contributed by atoms with Gasteiger partial charge in [0.05, 0.1) is 6.04 Å². The lowest BCUT2D eigenvalue weighted by atomic mass is 9.89. The van der Waals surface area contributed by atoms with Gasteiger partial charge in [0.15, 0.2) is 6.10 Å². The van der Waals surface area contributed by atoms with E-state index in [1.807, 2.05) is 64.1 Å². The lowest BCUT2D eigenvalue weighted by Crippen LogP contribution is -2.44. The van der Waals surface area contributed by atoms with Gasteiger partial charge in [-0.15, -0.1) is 0 Å². The number of para-hydroxylation sites is 1. The number of fused-ring (bicyclic) bond motifs is 1. The van der Waals surface area contributed by atoms with Crippen LogP contribution in [-0.4, -0.2) is 17.6 Å². The molecule has 2 aromatic rings. The molecule has 0 spiro atoms. The quantitative estimate of drug-likeness (QED) is 0.881. The van der Waals surface area contributed by atoms with Crippen LogP contribution in [0.2, 0.25) is 0 Å². The van der Waals surface area contributed by atoms with E-state index < -0.39 is 6.10 Å². The maximum atomic E-state index is 12.7. The van der Waals surface area contributed by atoms with Crippen LogP contribution < -0.4 is 14.8 Å². The second-order valence-corrected chi connectivity index (χ2v) is 7.75. The van der Waals surface area contributed by atoms with Crippen molar-refractivity contribution in [3.05, 3.63) is 59.2 Å². The summed E-state index contributed by atoms with van der Waals surface area (Å²) in [5.41, 5.74) is 2.92. The van der Waals surface area contributed by atoms with E-state index in [2.05, 4.69) is 11.4 Å². The van der Waals surface area contributed by atoms with Crippen LogP contribution >= 0.6 is 0 Å². The predicted molar refractivity (Wildman–Crippen MR) is 103 cm³/mol. The number of rotatable bonds is 4. The van der Waals surface area contributed by atoms with E-state index >= 15 is 0 Å². The number of ether oxygens (including phenoxy) is 2. The first-order valence-corrected chi connectivity index (χ1v) is 9.07. The molecule has 1 N–H and O–H groups in total. The van der Waals surface area contributed by atoms with Crippen LogP contribution in [0.5, 0.6) is 11.5 Å². The molecule has 3 rings (SSSR count). The Kier molecular flexibility index (Phi) is 4.94. The molecule has 1 aliphatic rings. The summed E-state index contributed by atoms with van der Waals surface area (Å²) < 4.78 is 11.9. The van der Waals surface area contributed by atoms with Crippen LogP contribution in [0.15, 0.2) is 42.5 Å². The van der Waals surface area contributed by atoms with Crippen LogP contribution in [0.1, 0.15) is 49.9 Å². The first kappa shape index (κ1) is 18.3. The lowest BCUT2D eigenvalue weighted by Gasteiger charge is -2.38. The van der Waals surface area contributed by atoms with Crippen LogP contribution in [0, 0.1) is 13.8 Å². The van der Waals surface area contributed by atoms with Crippen LogP contribution in [0.3, 0.4) is 0 Å². The normalized spacial score (nSPS) is 19.0. The Morgan fingerprint density at radius 1 is 1.19 bits per heavy atom. The Morgan fingerprint density at radius 2 is 1.85 bits per heavy atom. The number of amides is 1. The van der Waals surface area contributed by atoms with Crippen molar-refractivity contribution in [1.82, 2.24) is 5.32 Å². The van der Waals surface area contributed by atoms with E-state index in [1.165, 1.54) is 0 Å². The van der Waals surface area contributed by atoms with E-state index in [0.717, 1.165) is 28.2 Å². The molecule has 0 bridgehead atoms. The number of aryl methyl sites for hydroxylation is 2. The lowest BCUT2D eigenvalue weighted by molar-refractivity contribution is -0.128. The highest BCUT2D eigenvalue weighted by Gasteiger charge is 2.35. The molecular formula is C22H27NO3. The fraction of sp³-hybridized carbons (Fsp3) is 0.409. The summed E-state index contributed by atoms with van der Waals surface area (Å²) in [6, 6.07) is 13.8. The minimum atomic E-state index is -0.575. The Balaban J connectivity index is 1.72. The van der Waals surface area contributed by atoms with E-state index in [1.54, 1.807) is 6.92 Å². The minimum Gasteiger partial charge on any atom is -0.487 e. The molecule has 1 heterocycles. The van der Waals surface area contributed by atoms with Crippen molar-refractivity contribution in [2.75, 3.05) is 0 Å². The smallest absolute Gasteiger partial charge is 0.261 e. The molecule has 2 aromatic carbocycles. The van der Waals surface area contributed by atoms with Gasteiger partial charge in [-0.1, -0.05) is 24.3 Å². The third-order valence-corrected chi connectivity index (χ3v) is 4.57. The Bertz CT molecular complexity index is 793. The summed E-state index contributed by atoms with van der Waals surface area (Å²) in [4.78, 5) is 12.7. The van der Waals surface area contributed by atoms with Gasteiger partial charge in [0.25, 0.3) is 5.91 Å². The van der Waals surface area contributed by atoms with Crippen molar-refractivity contribution < 1.29 is 14.3 Å². The fourth-order valence-electron chi connectivity index (χ4n) is 3.48. The van der Waals surface area contributed by atoms with Crippen molar-refractivity contribution in [1.29, 1.82) is 0 Å². The van der Waals surface area contributed by atoms with Crippen LogP contribution in [-0.2, 0) is 4.79 Å².